The van der Waals surface area contributed by atoms with Gasteiger partial charge in [0.05, 0.1) is 5.75 Å². The SMILES string of the molecule is Cc1ccc(Nc2nnc(SCC(=O)N[C@H]3CCC[C@H](C)[C@@H]3C)s2)cc1C. The Balaban J connectivity index is 1.49. The minimum absolute atomic E-state index is 0.0878. The van der Waals surface area contributed by atoms with Crippen LogP contribution in [0, 0.1) is 25.7 Å². The largest absolute Gasteiger partial charge is 0.352 e. The number of thioether (sulfide) groups is 1. The molecule has 0 saturated heterocycles. The summed E-state index contributed by atoms with van der Waals surface area (Å²) in [5, 5.41) is 15.6. The van der Waals surface area contributed by atoms with Crippen LogP contribution in [0.1, 0.15) is 44.2 Å². The Morgan fingerprint density at radius 2 is 2.04 bits per heavy atom. The summed E-state index contributed by atoms with van der Waals surface area (Å²) in [7, 11) is 0. The van der Waals surface area contributed by atoms with Gasteiger partial charge in [-0.1, -0.05) is 55.9 Å². The second-order valence-electron chi connectivity index (χ2n) is 7.53. The van der Waals surface area contributed by atoms with Crippen LogP contribution in [0.15, 0.2) is 22.5 Å². The normalized spacial score (nSPS) is 22.4. The van der Waals surface area contributed by atoms with Gasteiger partial charge in [0.2, 0.25) is 11.0 Å². The van der Waals surface area contributed by atoms with Crippen molar-refractivity contribution < 1.29 is 4.79 Å². The molecule has 0 unspecified atom stereocenters. The van der Waals surface area contributed by atoms with Crippen LogP contribution in [0.2, 0.25) is 0 Å². The first-order chi connectivity index (χ1) is 12.9. The van der Waals surface area contributed by atoms with Crippen molar-refractivity contribution in [1.82, 2.24) is 15.5 Å². The fraction of sp³-hybridized carbons (Fsp3) is 0.550. The van der Waals surface area contributed by atoms with E-state index in [-0.39, 0.29) is 5.91 Å². The van der Waals surface area contributed by atoms with Crippen LogP contribution in [0.3, 0.4) is 0 Å². The Morgan fingerprint density at radius 3 is 2.81 bits per heavy atom. The fourth-order valence-corrected chi connectivity index (χ4v) is 5.01. The van der Waals surface area contributed by atoms with Gasteiger partial charge in [0.25, 0.3) is 0 Å². The number of benzene rings is 1. The standard InChI is InChI=1S/C20H28N4OS2/c1-12-8-9-16(10-14(12)3)21-19-23-24-20(27-19)26-11-18(25)22-17-7-5-6-13(2)15(17)4/h8-10,13,15,17H,5-7,11H2,1-4H3,(H,21,23)(H,22,25)/t13-,15-,17-/m0/s1. The molecule has 0 radical (unpaired) electrons. The number of carbonyl (C=O) groups excluding carboxylic acids is 1. The second-order valence-corrected chi connectivity index (χ2v) is 9.73. The van der Waals surface area contributed by atoms with Crippen molar-refractivity contribution in [2.75, 3.05) is 11.1 Å². The van der Waals surface area contributed by atoms with Crippen LogP contribution in [0.4, 0.5) is 10.8 Å². The molecule has 146 valence electrons. The smallest absolute Gasteiger partial charge is 0.230 e. The summed E-state index contributed by atoms with van der Waals surface area (Å²) in [5.41, 5.74) is 3.51. The number of carbonyl (C=O) groups is 1. The van der Waals surface area contributed by atoms with Crippen molar-refractivity contribution >= 4 is 39.8 Å². The van der Waals surface area contributed by atoms with Gasteiger partial charge in [0, 0.05) is 11.7 Å². The van der Waals surface area contributed by atoms with Gasteiger partial charge in [-0.2, -0.15) is 0 Å². The van der Waals surface area contributed by atoms with Crippen molar-refractivity contribution in [1.29, 1.82) is 0 Å². The summed E-state index contributed by atoms with van der Waals surface area (Å²) in [4.78, 5) is 12.3. The third kappa shape index (κ3) is 5.45. The maximum Gasteiger partial charge on any atom is 0.230 e. The Labute approximate surface area is 169 Å². The van der Waals surface area contributed by atoms with Gasteiger partial charge < -0.3 is 10.6 Å². The summed E-state index contributed by atoms with van der Waals surface area (Å²) < 4.78 is 0.807. The molecular weight excluding hydrogens is 376 g/mol. The Bertz CT molecular complexity index is 792. The molecule has 2 N–H and O–H groups in total. The first-order valence-electron chi connectivity index (χ1n) is 9.52. The van der Waals surface area contributed by atoms with Crippen molar-refractivity contribution in [3.8, 4) is 0 Å². The highest BCUT2D eigenvalue weighted by molar-refractivity contribution is 8.01. The van der Waals surface area contributed by atoms with E-state index in [1.807, 2.05) is 6.07 Å². The van der Waals surface area contributed by atoms with Gasteiger partial charge in [-0.15, -0.1) is 10.2 Å². The van der Waals surface area contributed by atoms with E-state index in [2.05, 4.69) is 60.7 Å². The monoisotopic (exact) mass is 404 g/mol. The van der Waals surface area contributed by atoms with Gasteiger partial charge in [0.15, 0.2) is 4.34 Å². The van der Waals surface area contributed by atoms with Crippen molar-refractivity contribution in [3.63, 3.8) is 0 Å². The fourth-order valence-electron chi connectivity index (χ4n) is 3.42. The van der Waals surface area contributed by atoms with E-state index in [1.165, 1.54) is 47.1 Å². The second kappa shape index (κ2) is 9.06. The van der Waals surface area contributed by atoms with Crippen LogP contribution in [-0.4, -0.2) is 27.9 Å². The number of anilines is 2. The average molecular weight is 405 g/mol. The van der Waals surface area contributed by atoms with E-state index < -0.39 is 0 Å². The molecule has 1 aliphatic carbocycles. The zero-order valence-corrected chi connectivity index (χ0v) is 18.0. The molecular formula is C20H28N4OS2. The summed E-state index contributed by atoms with van der Waals surface area (Å²) in [6.45, 7) is 8.72. The number of aryl methyl sites for hydroxylation is 2. The first-order valence-corrected chi connectivity index (χ1v) is 11.3. The van der Waals surface area contributed by atoms with Crippen LogP contribution < -0.4 is 10.6 Å². The lowest BCUT2D eigenvalue weighted by molar-refractivity contribution is -0.119. The molecule has 1 aliphatic rings. The highest BCUT2D eigenvalue weighted by Gasteiger charge is 2.28. The van der Waals surface area contributed by atoms with E-state index >= 15 is 0 Å². The predicted octanol–water partition coefficient (Wildman–Crippen LogP) is 4.93. The molecule has 1 heterocycles. The Morgan fingerprint density at radius 1 is 1.22 bits per heavy atom. The lowest BCUT2D eigenvalue weighted by Crippen LogP contribution is -2.44. The number of nitrogens with one attached hydrogen (secondary N) is 2. The molecule has 1 amide bonds. The molecule has 7 heteroatoms. The maximum absolute atomic E-state index is 12.3. The van der Waals surface area contributed by atoms with Gasteiger partial charge in [-0.3, -0.25) is 4.79 Å². The van der Waals surface area contributed by atoms with Crippen LogP contribution >= 0.6 is 23.1 Å². The molecule has 2 aromatic rings. The van der Waals surface area contributed by atoms with Gasteiger partial charge >= 0.3 is 0 Å². The number of hydrogen-bond donors (Lipinski definition) is 2. The van der Waals surface area contributed by atoms with Crippen molar-refractivity contribution in [2.45, 2.75) is 57.3 Å². The number of amides is 1. The van der Waals surface area contributed by atoms with Crippen molar-refractivity contribution in [3.05, 3.63) is 29.3 Å². The minimum atomic E-state index is 0.0878. The summed E-state index contributed by atoms with van der Waals surface area (Å²) in [6, 6.07) is 6.53. The molecule has 0 bridgehead atoms. The maximum atomic E-state index is 12.3. The summed E-state index contributed by atoms with van der Waals surface area (Å²) in [6.07, 6.45) is 3.56. The molecule has 1 saturated carbocycles. The lowest BCUT2D eigenvalue weighted by Gasteiger charge is -2.34. The average Bonchev–Trinajstić information content (AvgIpc) is 3.08. The molecule has 1 aromatic carbocycles. The van der Waals surface area contributed by atoms with Gasteiger partial charge in [0.1, 0.15) is 0 Å². The van der Waals surface area contributed by atoms with Crippen molar-refractivity contribution in [2.24, 2.45) is 11.8 Å². The predicted molar refractivity (Wildman–Crippen MR) is 114 cm³/mol. The molecule has 1 aromatic heterocycles. The van der Waals surface area contributed by atoms with Crippen LogP contribution in [0.5, 0.6) is 0 Å². The number of nitrogens with zero attached hydrogens (tertiary/aromatic N) is 2. The molecule has 3 rings (SSSR count). The Kier molecular flexibility index (Phi) is 6.76. The third-order valence-electron chi connectivity index (χ3n) is 5.54. The molecule has 3 atom stereocenters. The molecule has 27 heavy (non-hydrogen) atoms. The van der Waals surface area contributed by atoms with E-state index in [9.17, 15) is 4.79 Å². The molecule has 0 spiro atoms. The Hall–Kier alpha value is -1.60. The highest BCUT2D eigenvalue weighted by atomic mass is 32.2. The quantitative estimate of drug-likeness (QED) is 0.668. The number of aromatic nitrogens is 2. The number of hydrogen-bond acceptors (Lipinski definition) is 6. The van der Waals surface area contributed by atoms with E-state index in [1.54, 1.807) is 0 Å². The van der Waals surface area contributed by atoms with Crippen LogP contribution in [-0.2, 0) is 4.79 Å². The zero-order valence-electron chi connectivity index (χ0n) is 16.4. The van der Waals surface area contributed by atoms with E-state index in [4.69, 9.17) is 0 Å². The zero-order chi connectivity index (χ0) is 19.4. The molecule has 0 aliphatic heterocycles. The van der Waals surface area contributed by atoms with Gasteiger partial charge in [-0.05, 0) is 55.4 Å². The topological polar surface area (TPSA) is 66.9 Å². The lowest BCUT2D eigenvalue weighted by atomic mass is 9.78. The molecule has 1 fully saturated rings. The highest BCUT2D eigenvalue weighted by Crippen LogP contribution is 2.30. The van der Waals surface area contributed by atoms with E-state index in [0.29, 0.717) is 23.6 Å². The third-order valence-corrected chi connectivity index (χ3v) is 7.52. The summed E-state index contributed by atoms with van der Waals surface area (Å²) >= 11 is 2.93. The van der Waals surface area contributed by atoms with Gasteiger partial charge in [-0.25, -0.2) is 0 Å². The summed E-state index contributed by atoms with van der Waals surface area (Å²) in [5.74, 6) is 1.70. The number of rotatable bonds is 6. The minimum Gasteiger partial charge on any atom is -0.352 e. The molecule has 5 nitrogen and oxygen atoms in total. The first kappa shape index (κ1) is 20.1. The van der Waals surface area contributed by atoms with Crippen LogP contribution in [0.25, 0.3) is 0 Å². The van der Waals surface area contributed by atoms with E-state index in [0.717, 1.165) is 21.6 Å².